The van der Waals surface area contributed by atoms with E-state index in [4.69, 9.17) is 16.3 Å². The van der Waals surface area contributed by atoms with Crippen LogP contribution >= 0.6 is 11.6 Å². The number of benzene rings is 1. The van der Waals surface area contributed by atoms with Crippen LogP contribution in [0.2, 0.25) is 5.02 Å². The zero-order valence-electron chi connectivity index (χ0n) is 13.3. The minimum Gasteiger partial charge on any atom is -0.389 e. The largest absolute Gasteiger partial charge is 0.389 e. The van der Waals surface area contributed by atoms with Gasteiger partial charge in [-0.1, -0.05) is 43.6 Å². The zero-order chi connectivity index (χ0) is 15.7. The standard InChI is InChI=1S/C17H28ClNO2/c1-13(2)7-6-10-21-12-15(20)11-19-14(3)16-8-4-5-9-17(16)18/h4-5,8-9,13-15,19-20H,6-7,10-12H2,1-3H3/t14-,15?/m1/s1. The molecule has 2 N–H and O–H groups in total. The quantitative estimate of drug-likeness (QED) is 0.645. The third-order valence-electron chi connectivity index (χ3n) is 3.41. The number of hydrogen-bond acceptors (Lipinski definition) is 3. The Balaban J connectivity index is 2.18. The molecule has 3 nitrogen and oxygen atoms in total. The molecule has 0 radical (unpaired) electrons. The van der Waals surface area contributed by atoms with Crippen molar-refractivity contribution in [1.82, 2.24) is 5.32 Å². The summed E-state index contributed by atoms with van der Waals surface area (Å²) in [7, 11) is 0. The Labute approximate surface area is 133 Å². The van der Waals surface area contributed by atoms with Crippen molar-refractivity contribution >= 4 is 11.6 Å². The van der Waals surface area contributed by atoms with E-state index in [1.54, 1.807) is 0 Å². The summed E-state index contributed by atoms with van der Waals surface area (Å²) in [5.74, 6) is 0.705. The van der Waals surface area contributed by atoms with Crippen molar-refractivity contribution in [3.8, 4) is 0 Å². The molecule has 0 aliphatic carbocycles. The molecule has 0 spiro atoms. The normalized spacial score (nSPS) is 14.4. The first-order valence-electron chi connectivity index (χ1n) is 7.74. The van der Waals surface area contributed by atoms with Gasteiger partial charge in [0.15, 0.2) is 0 Å². The average molecular weight is 314 g/mol. The Morgan fingerprint density at radius 3 is 2.62 bits per heavy atom. The van der Waals surface area contributed by atoms with E-state index >= 15 is 0 Å². The van der Waals surface area contributed by atoms with Gasteiger partial charge in [-0.05, 0) is 37.3 Å². The second-order valence-corrected chi connectivity index (χ2v) is 6.32. The summed E-state index contributed by atoms with van der Waals surface area (Å²) in [5.41, 5.74) is 1.05. The summed E-state index contributed by atoms with van der Waals surface area (Å²) in [6, 6.07) is 7.86. The third-order valence-corrected chi connectivity index (χ3v) is 3.76. The number of ether oxygens (including phenoxy) is 1. The summed E-state index contributed by atoms with van der Waals surface area (Å²) in [6.45, 7) is 8.04. The molecule has 1 unspecified atom stereocenters. The second-order valence-electron chi connectivity index (χ2n) is 5.92. The summed E-state index contributed by atoms with van der Waals surface area (Å²) in [4.78, 5) is 0. The molecule has 0 aromatic heterocycles. The molecule has 21 heavy (non-hydrogen) atoms. The summed E-state index contributed by atoms with van der Waals surface area (Å²) < 4.78 is 5.49. The van der Waals surface area contributed by atoms with Crippen LogP contribution < -0.4 is 5.32 Å². The van der Waals surface area contributed by atoms with Gasteiger partial charge in [0.25, 0.3) is 0 Å². The van der Waals surface area contributed by atoms with Crippen LogP contribution in [0.1, 0.15) is 45.2 Å². The molecule has 0 saturated heterocycles. The van der Waals surface area contributed by atoms with Crippen LogP contribution in [-0.2, 0) is 4.74 Å². The topological polar surface area (TPSA) is 41.5 Å². The van der Waals surface area contributed by atoms with Gasteiger partial charge in [-0.2, -0.15) is 0 Å². The van der Waals surface area contributed by atoms with E-state index in [0.29, 0.717) is 19.1 Å². The monoisotopic (exact) mass is 313 g/mol. The minimum atomic E-state index is -0.492. The predicted molar refractivity (Wildman–Crippen MR) is 88.8 cm³/mol. The molecule has 0 heterocycles. The molecule has 2 atom stereocenters. The van der Waals surface area contributed by atoms with Crippen molar-refractivity contribution in [2.45, 2.75) is 45.8 Å². The summed E-state index contributed by atoms with van der Waals surface area (Å²) in [5, 5.41) is 13.9. The average Bonchev–Trinajstić information content (AvgIpc) is 2.44. The van der Waals surface area contributed by atoms with Crippen LogP contribution in [0.25, 0.3) is 0 Å². The number of halogens is 1. The fourth-order valence-corrected chi connectivity index (χ4v) is 2.42. The first-order valence-corrected chi connectivity index (χ1v) is 8.12. The lowest BCUT2D eigenvalue weighted by Crippen LogP contribution is -2.32. The van der Waals surface area contributed by atoms with Crippen LogP contribution in [0.4, 0.5) is 0 Å². The lowest BCUT2D eigenvalue weighted by atomic mass is 10.1. The van der Waals surface area contributed by atoms with Gasteiger partial charge in [0, 0.05) is 24.2 Å². The van der Waals surface area contributed by atoms with Crippen molar-refractivity contribution in [3.05, 3.63) is 34.9 Å². The van der Waals surface area contributed by atoms with Crippen LogP contribution in [0.5, 0.6) is 0 Å². The molecular formula is C17H28ClNO2. The fourth-order valence-electron chi connectivity index (χ4n) is 2.12. The van der Waals surface area contributed by atoms with E-state index < -0.39 is 6.10 Å². The van der Waals surface area contributed by atoms with Crippen molar-refractivity contribution < 1.29 is 9.84 Å². The molecule has 1 aromatic rings. The van der Waals surface area contributed by atoms with Crippen molar-refractivity contribution in [2.24, 2.45) is 5.92 Å². The van der Waals surface area contributed by atoms with Crippen LogP contribution in [-0.4, -0.2) is 31.0 Å². The third kappa shape index (κ3) is 7.82. The number of aliphatic hydroxyl groups is 1. The molecule has 120 valence electrons. The molecule has 0 fully saturated rings. The van der Waals surface area contributed by atoms with Crippen LogP contribution in [0, 0.1) is 5.92 Å². The Hall–Kier alpha value is -0.610. The lowest BCUT2D eigenvalue weighted by Gasteiger charge is -2.18. The Morgan fingerprint density at radius 2 is 1.95 bits per heavy atom. The predicted octanol–water partition coefficient (Wildman–Crippen LogP) is 3.80. The molecule has 0 aliphatic rings. The SMILES string of the molecule is CC(C)CCCOCC(O)CN[C@H](C)c1ccccc1Cl. The maximum absolute atomic E-state index is 9.90. The van der Waals surface area contributed by atoms with E-state index in [9.17, 15) is 5.11 Å². The molecule has 0 saturated carbocycles. The zero-order valence-corrected chi connectivity index (χ0v) is 14.1. The van der Waals surface area contributed by atoms with Crippen molar-refractivity contribution in [2.75, 3.05) is 19.8 Å². The van der Waals surface area contributed by atoms with Gasteiger partial charge in [-0.15, -0.1) is 0 Å². The van der Waals surface area contributed by atoms with Gasteiger partial charge in [0.1, 0.15) is 0 Å². The van der Waals surface area contributed by atoms with Gasteiger partial charge in [0.05, 0.1) is 12.7 Å². The van der Waals surface area contributed by atoms with Gasteiger partial charge < -0.3 is 15.2 Å². The first kappa shape index (κ1) is 18.4. The van der Waals surface area contributed by atoms with E-state index in [1.807, 2.05) is 31.2 Å². The van der Waals surface area contributed by atoms with E-state index in [0.717, 1.165) is 30.0 Å². The molecule has 0 aliphatic heterocycles. The maximum Gasteiger partial charge on any atom is 0.0897 e. The first-order chi connectivity index (χ1) is 10.0. The summed E-state index contributed by atoms with van der Waals surface area (Å²) >= 11 is 6.15. The highest BCUT2D eigenvalue weighted by atomic mass is 35.5. The van der Waals surface area contributed by atoms with Crippen molar-refractivity contribution in [3.63, 3.8) is 0 Å². The van der Waals surface area contributed by atoms with E-state index in [1.165, 1.54) is 0 Å². The van der Waals surface area contributed by atoms with Gasteiger partial charge in [0.2, 0.25) is 0 Å². The second kappa shape index (κ2) is 10.2. The number of nitrogens with one attached hydrogen (secondary N) is 1. The molecule has 4 heteroatoms. The molecule has 1 rings (SSSR count). The fraction of sp³-hybridized carbons (Fsp3) is 0.647. The van der Waals surface area contributed by atoms with Crippen LogP contribution in [0.3, 0.4) is 0 Å². The van der Waals surface area contributed by atoms with E-state index in [2.05, 4.69) is 19.2 Å². The highest BCUT2D eigenvalue weighted by Crippen LogP contribution is 2.21. The minimum absolute atomic E-state index is 0.106. The molecular weight excluding hydrogens is 286 g/mol. The van der Waals surface area contributed by atoms with Gasteiger partial charge in [-0.3, -0.25) is 0 Å². The molecule has 1 aromatic carbocycles. The number of aliphatic hydroxyl groups excluding tert-OH is 1. The van der Waals surface area contributed by atoms with Gasteiger partial charge in [-0.25, -0.2) is 0 Å². The molecule has 0 amide bonds. The van der Waals surface area contributed by atoms with Crippen LogP contribution in [0.15, 0.2) is 24.3 Å². The number of rotatable bonds is 10. The Bertz CT molecular complexity index is 398. The van der Waals surface area contributed by atoms with Crippen molar-refractivity contribution in [1.29, 1.82) is 0 Å². The smallest absolute Gasteiger partial charge is 0.0897 e. The Morgan fingerprint density at radius 1 is 1.24 bits per heavy atom. The highest BCUT2D eigenvalue weighted by Gasteiger charge is 2.11. The van der Waals surface area contributed by atoms with E-state index in [-0.39, 0.29) is 6.04 Å². The maximum atomic E-state index is 9.90. The molecule has 0 bridgehead atoms. The highest BCUT2D eigenvalue weighted by molar-refractivity contribution is 6.31. The summed E-state index contributed by atoms with van der Waals surface area (Å²) in [6.07, 6.45) is 1.72. The Kier molecular flexibility index (Phi) is 8.93. The van der Waals surface area contributed by atoms with Gasteiger partial charge >= 0.3 is 0 Å². The lowest BCUT2D eigenvalue weighted by molar-refractivity contribution is 0.0337. The number of hydrogen-bond donors (Lipinski definition) is 2.